The predicted molar refractivity (Wildman–Crippen MR) is 77.1 cm³/mol. The van der Waals surface area contributed by atoms with Gasteiger partial charge in [-0.05, 0) is 29.8 Å². The average molecular weight is 250 g/mol. The summed E-state index contributed by atoms with van der Waals surface area (Å²) in [5.41, 5.74) is 9.23. The first-order valence-electron chi connectivity index (χ1n) is 6.18. The fraction of sp³-hybridized carbons (Fsp3) is 0.0625. The molecule has 94 valence electrons. The smallest absolute Gasteiger partial charge is 0.246 e. The monoisotopic (exact) mass is 250 g/mol. The zero-order valence-electron chi connectivity index (χ0n) is 10.4. The van der Waals surface area contributed by atoms with Crippen molar-refractivity contribution in [2.24, 2.45) is 5.73 Å². The second kappa shape index (κ2) is 4.61. The average Bonchev–Trinajstić information content (AvgIpc) is 2.47. The molecule has 2 aromatic rings. The highest BCUT2D eigenvalue weighted by atomic mass is 16.1. The number of hydrogen-bond acceptors (Lipinski definition) is 2. The highest BCUT2D eigenvalue weighted by molar-refractivity contribution is 6.00. The Morgan fingerprint density at radius 2 is 1.68 bits per heavy atom. The fourth-order valence-corrected chi connectivity index (χ4v) is 2.33. The van der Waals surface area contributed by atoms with Crippen molar-refractivity contribution in [3.63, 3.8) is 0 Å². The van der Waals surface area contributed by atoms with Gasteiger partial charge in [-0.15, -0.1) is 0 Å². The lowest BCUT2D eigenvalue weighted by molar-refractivity contribution is -0.114. The number of primary amides is 1. The maximum Gasteiger partial charge on any atom is 0.246 e. The topological polar surface area (TPSA) is 46.3 Å². The van der Waals surface area contributed by atoms with Gasteiger partial charge in [0.1, 0.15) is 0 Å². The molecule has 19 heavy (non-hydrogen) atoms. The Kier molecular flexibility index (Phi) is 2.80. The molecule has 0 saturated heterocycles. The molecule has 3 nitrogen and oxygen atoms in total. The first-order chi connectivity index (χ1) is 9.25. The first kappa shape index (κ1) is 11.5. The molecule has 0 saturated carbocycles. The Morgan fingerprint density at radius 1 is 1.00 bits per heavy atom. The van der Waals surface area contributed by atoms with Crippen LogP contribution in [0.25, 0.3) is 6.08 Å². The van der Waals surface area contributed by atoms with E-state index in [1.165, 1.54) is 0 Å². The van der Waals surface area contributed by atoms with E-state index in [-0.39, 0.29) is 5.91 Å². The van der Waals surface area contributed by atoms with E-state index in [1.807, 2.05) is 54.6 Å². The van der Waals surface area contributed by atoms with E-state index in [0.29, 0.717) is 12.1 Å². The van der Waals surface area contributed by atoms with Gasteiger partial charge in [0.2, 0.25) is 5.91 Å². The van der Waals surface area contributed by atoms with Crippen LogP contribution in [0.5, 0.6) is 0 Å². The van der Waals surface area contributed by atoms with Gasteiger partial charge in [0.05, 0.1) is 6.54 Å². The summed E-state index contributed by atoms with van der Waals surface area (Å²) in [5.74, 6) is -0.365. The zero-order chi connectivity index (χ0) is 13.2. The number of nitrogens with zero attached hydrogens (tertiary/aromatic N) is 1. The lowest BCUT2D eigenvalue weighted by atomic mass is 10.0. The van der Waals surface area contributed by atoms with E-state index >= 15 is 0 Å². The Bertz CT molecular complexity index is 647. The van der Waals surface area contributed by atoms with Crippen LogP contribution >= 0.6 is 0 Å². The molecule has 0 atom stereocenters. The molecule has 1 amide bonds. The Morgan fingerprint density at radius 3 is 2.42 bits per heavy atom. The molecule has 0 fully saturated rings. The molecule has 1 aliphatic heterocycles. The summed E-state index contributed by atoms with van der Waals surface area (Å²) >= 11 is 0. The van der Waals surface area contributed by atoms with E-state index in [0.717, 1.165) is 16.9 Å². The fourth-order valence-electron chi connectivity index (χ4n) is 2.33. The van der Waals surface area contributed by atoms with Crippen LogP contribution in [-0.2, 0) is 4.79 Å². The van der Waals surface area contributed by atoms with Crippen LogP contribution in [0.3, 0.4) is 0 Å². The molecule has 0 bridgehead atoms. The molecule has 1 heterocycles. The number of benzene rings is 2. The molecule has 0 aromatic heterocycles. The van der Waals surface area contributed by atoms with Crippen molar-refractivity contribution in [3.05, 3.63) is 65.7 Å². The summed E-state index contributed by atoms with van der Waals surface area (Å²) in [7, 11) is 0. The van der Waals surface area contributed by atoms with Crippen molar-refractivity contribution in [3.8, 4) is 0 Å². The van der Waals surface area contributed by atoms with Crippen molar-refractivity contribution in [1.82, 2.24) is 0 Å². The number of fused-ring (bicyclic) bond motifs is 1. The summed E-state index contributed by atoms with van der Waals surface area (Å²) in [6.07, 6.45) is 1.87. The highest BCUT2D eigenvalue weighted by Crippen LogP contribution is 2.34. The molecule has 1 aliphatic rings. The van der Waals surface area contributed by atoms with Crippen molar-refractivity contribution in [1.29, 1.82) is 0 Å². The normalized spacial score (nSPS) is 13.7. The van der Waals surface area contributed by atoms with Gasteiger partial charge in [-0.3, -0.25) is 4.79 Å². The van der Waals surface area contributed by atoms with Crippen LogP contribution in [0, 0.1) is 0 Å². The summed E-state index contributed by atoms with van der Waals surface area (Å²) in [6.45, 7) is 0.510. The largest absolute Gasteiger partial charge is 0.366 e. The van der Waals surface area contributed by atoms with E-state index in [1.54, 1.807) is 0 Å². The molecular formula is C16H14N2O. The number of anilines is 2. The Hall–Kier alpha value is -2.55. The summed E-state index contributed by atoms with van der Waals surface area (Å²) < 4.78 is 0. The van der Waals surface area contributed by atoms with E-state index in [4.69, 9.17) is 5.73 Å². The maximum absolute atomic E-state index is 11.5. The van der Waals surface area contributed by atoms with Gasteiger partial charge in [-0.25, -0.2) is 0 Å². The second-order valence-electron chi connectivity index (χ2n) is 4.51. The minimum Gasteiger partial charge on any atom is -0.366 e. The number of amides is 1. The van der Waals surface area contributed by atoms with Crippen molar-refractivity contribution in [2.75, 3.05) is 11.4 Å². The van der Waals surface area contributed by atoms with Crippen LogP contribution in [0.2, 0.25) is 0 Å². The summed E-state index contributed by atoms with van der Waals surface area (Å²) in [6, 6.07) is 18.0. The van der Waals surface area contributed by atoms with Crippen molar-refractivity contribution < 1.29 is 4.79 Å². The summed E-state index contributed by atoms with van der Waals surface area (Å²) in [4.78, 5) is 13.6. The lowest BCUT2D eigenvalue weighted by Crippen LogP contribution is -2.29. The minimum absolute atomic E-state index is 0.365. The van der Waals surface area contributed by atoms with Crippen LogP contribution in [0.15, 0.2) is 60.2 Å². The van der Waals surface area contributed by atoms with Crippen LogP contribution < -0.4 is 10.6 Å². The van der Waals surface area contributed by atoms with E-state index in [9.17, 15) is 4.79 Å². The van der Waals surface area contributed by atoms with Crippen molar-refractivity contribution >= 4 is 23.4 Å². The molecular weight excluding hydrogens is 236 g/mol. The lowest BCUT2D eigenvalue weighted by Gasteiger charge is -2.30. The van der Waals surface area contributed by atoms with Gasteiger partial charge in [0.25, 0.3) is 0 Å². The molecule has 0 unspecified atom stereocenters. The number of carbonyl (C=O) groups is 1. The van der Waals surface area contributed by atoms with Crippen LogP contribution in [-0.4, -0.2) is 12.5 Å². The van der Waals surface area contributed by atoms with Gasteiger partial charge in [0.15, 0.2) is 0 Å². The third-order valence-corrected chi connectivity index (χ3v) is 3.27. The minimum atomic E-state index is -0.365. The van der Waals surface area contributed by atoms with E-state index in [2.05, 4.69) is 11.0 Å². The van der Waals surface area contributed by atoms with Gasteiger partial charge in [-0.2, -0.15) is 0 Å². The van der Waals surface area contributed by atoms with Gasteiger partial charge in [-0.1, -0.05) is 36.4 Å². The predicted octanol–water partition coefficient (Wildman–Crippen LogP) is 2.71. The van der Waals surface area contributed by atoms with Gasteiger partial charge < -0.3 is 10.6 Å². The Labute approximate surface area is 112 Å². The third kappa shape index (κ3) is 2.10. The number of para-hydroxylation sites is 2. The van der Waals surface area contributed by atoms with Crippen LogP contribution in [0.1, 0.15) is 5.56 Å². The molecule has 0 radical (unpaired) electrons. The number of carbonyl (C=O) groups excluding carboxylic acids is 1. The first-order valence-corrected chi connectivity index (χ1v) is 6.18. The zero-order valence-corrected chi connectivity index (χ0v) is 10.4. The van der Waals surface area contributed by atoms with Crippen LogP contribution in [0.4, 0.5) is 11.4 Å². The molecule has 3 rings (SSSR count). The van der Waals surface area contributed by atoms with Gasteiger partial charge in [0, 0.05) is 16.9 Å². The quantitative estimate of drug-likeness (QED) is 0.890. The molecule has 0 spiro atoms. The van der Waals surface area contributed by atoms with Gasteiger partial charge >= 0.3 is 0 Å². The third-order valence-electron chi connectivity index (χ3n) is 3.27. The molecule has 2 N–H and O–H groups in total. The standard InChI is InChI=1S/C16H14N2O/c17-16(19)13-10-12-6-4-5-9-15(12)18(11-13)14-7-2-1-3-8-14/h1-10H,11H2,(H2,17,19). The van der Waals surface area contributed by atoms with Crippen molar-refractivity contribution in [2.45, 2.75) is 0 Å². The maximum atomic E-state index is 11.5. The molecule has 2 aromatic carbocycles. The SMILES string of the molecule is NC(=O)C1=Cc2ccccc2N(c2ccccc2)C1. The van der Waals surface area contributed by atoms with E-state index < -0.39 is 0 Å². The molecule has 0 aliphatic carbocycles. The summed E-state index contributed by atoms with van der Waals surface area (Å²) in [5, 5.41) is 0. The second-order valence-corrected chi connectivity index (χ2v) is 4.51. The highest BCUT2D eigenvalue weighted by Gasteiger charge is 2.21. The molecule has 3 heteroatoms. The number of rotatable bonds is 2. The Balaban J connectivity index is 2.12. The number of nitrogens with two attached hydrogens (primary N) is 1. The number of hydrogen-bond donors (Lipinski definition) is 1.